The van der Waals surface area contributed by atoms with Crippen LogP contribution in [0.2, 0.25) is 0 Å². The lowest BCUT2D eigenvalue weighted by atomic mass is 9.84. The first kappa shape index (κ1) is 25.7. The van der Waals surface area contributed by atoms with E-state index in [2.05, 4.69) is 50.7 Å². The van der Waals surface area contributed by atoms with Gasteiger partial charge < -0.3 is 20.6 Å². The fraction of sp³-hybridized carbons (Fsp3) is 0.625. The van der Waals surface area contributed by atoms with Gasteiger partial charge in [0.25, 0.3) is 0 Å². The fourth-order valence-electron chi connectivity index (χ4n) is 4.94. The lowest BCUT2D eigenvalue weighted by Gasteiger charge is -2.50. The normalized spacial score (nSPS) is 21.2. The van der Waals surface area contributed by atoms with Crippen LogP contribution < -0.4 is 10.6 Å². The summed E-state index contributed by atoms with van der Waals surface area (Å²) >= 11 is 1.66. The number of piperidine rings is 2. The molecule has 2 saturated heterocycles. The maximum absolute atomic E-state index is 10.7. The Bertz CT molecular complexity index is 841. The number of hydrogen-bond acceptors (Lipinski definition) is 5. The Kier molecular flexibility index (Phi) is 9.60. The van der Waals surface area contributed by atoms with Crippen molar-refractivity contribution in [3.8, 4) is 0 Å². The van der Waals surface area contributed by atoms with Crippen molar-refractivity contribution in [3.63, 3.8) is 0 Å². The molecular formula is C24H38IN5OS. The summed E-state index contributed by atoms with van der Waals surface area (Å²) in [5.41, 5.74) is 0.203. The molecule has 1 aromatic heterocycles. The Morgan fingerprint density at radius 2 is 1.84 bits per heavy atom. The van der Waals surface area contributed by atoms with Crippen molar-refractivity contribution in [1.29, 1.82) is 0 Å². The van der Waals surface area contributed by atoms with Gasteiger partial charge in [-0.2, -0.15) is 0 Å². The maximum Gasteiger partial charge on any atom is 0.191 e. The number of fused-ring (bicyclic) bond motifs is 1. The molecule has 1 unspecified atom stereocenters. The molecule has 1 atom stereocenters. The molecular weight excluding hydrogens is 533 g/mol. The highest BCUT2D eigenvalue weighted by molar-refractivity contribution is 14.0. The van der Waals surface area contributed by atoms with Crippen LogP contribution in [-0.4, -0.2) is 79.8 Å². The molecule has 0 amide bonds. The molecule has 0 radical (unpaired) electrons. The third-order valence-electron chi connectivity index (χ3n) is 6.99. The molecule has 6 nitrogen and oxygen atoms in total. The molecule has 8 heteroatoms. The monoisotopic (exact) mass is 571 g/mol. The molecule has 0 aliphatic carbocycles. The van der Waals surface area contributed by atoms with Crippen LogP contribution in [0.4, 0.5) is 0 Å². The zero-order valence-electron chi connectivity index (χ0n) is 19.3. The Morgan fingerprint density at radius 1 is 1.12 bits per heavy atom. The number of likely N-dealkylation sites (tertiary alicyclic amines) is 2. The number of rotatable bonds is 6. The third kappa shape index (κ3) is 6.14. The standard InChI is InChI=1S/C24H37N5OS.HI/c1-25-23(26-17-20(30)22-16-19-8-4-5-9-21(19)31-22)27-18-24(10-14-28(2)15-11-24)29-12-6-3-7-13-29;/h4-5,8-9,16,20,30H,3,6-7,10-15,17-18H2,1-2H3,(H2,25,26,27);1H. The number of benzene rings is 1. The molecule has 1 aromatic carbocycles. The average Bonchev–Trinajstić information content (AvgIpc) is 3.25. The molecule has 4 rings (SSSR count). The first-order valence-electron chi connectivity index (χ1n) is 11.6. The summed E-state index contributed by atoms with van der Waals surface area (Å²) in [6, 6.07) is 10.4. The van der Waals surface area contributed by atoms with Crippen molar-refractivity contribution in [3.05, 3.63) is 35.2 Å². The quantitative estimate of drug-likeness (QED) is 0.281. The smallest absolute Gasteiger partial charge is 0.191 e. The van der Waals surface area contributed by atoms with Crippen molar-refractivity contribution >= 4 is 51.4 Å². The third-order valence-corrected chi connectivity index (χ3v) is 8.21. The number of nitrogens with one attached hydrogen (secondary N) is 2. The average molecular weight is 572 g/mol. The van der Waals surface area contributed by atoms with Crippen LogP contribution in [0.25, 0.3) is 10.1 Å². The summed E-state index contributed by atoms with van der Waals surface area (Å²) in [6.45, 7) is 6.07. The number of aliphatic hydroxyl groups excluding tert-OH is 1. The number of hydrogen-bond donors (Lipinski definition) is 3. The van der Waals surface area contributed by atoms with Gasteiger partial charge in [0.05, 0.1) is 0 Å². The molecule has 0 saturated carbocycles. The van der Waals surface area contributed by atoms with Crippen molar-refractivity contribution in [2.45, 2.75) is 43.7 Å². The van der Waals surface area contributed by atoms with Crippen molar-refractivity contribution < 1.29 is 5.11 Å². The minimum atomic E-state index is -0.546. The summed E-state index contributed by atoms with van der Waals surface area (Å²) in [5.74, 6) is 0.774. The first-order valence-corrected chi connectivity index (χ1v) is 12.5. The second-order valence-electron chi connectivity index (χ2n) is 9.08. The number of thiophene rings is 1. The second-order valence-corrected chi connectivity index (χ2v) is 10.2. The summed E-state index contributed by atoms with van der Waals surface area (Å²) in [4.78, 5) is 10.6. The van der Waals surface area contributed by atoms with Gasteiger partial charge >= 0.3 is 0 Å². The van der Waals surface area contributed by atoms with E-state index in [1.165, 1.54) is 55.3 Å². The van der Waals surface area contributed by atoms with Gasteiger partial charge in [-0.05, 0) is 76.4 Å². The number of nitrogens with zero attached hydrogens (tertiary/aromatic N) is 3. The van der Waals surface area contributed by atoms with Gasteiger partial charge in [-0.1, -0.05) is 24.6 Å². The first-order chi connectivity index (χ1) is 15.1. The van der Waals surface area contributed by atoms with E-state index in [4.69, 9.17) is 0 Å². The van der Waals surface area contributed by atoms with Gasteiger partial charge in [0.15, 0.2) is 5.96 Å². The molecule has 3 heterocycles. The molecule has 2 fully saturated rings. The van der Waals surface area contributed by atoms with Crippen LogP contribution in [0.3, 0.4) is 0 Å². The van der Waals surface area contributed by atoms with E-state index in [0.717, 1.165) is 30.5 Å². The highest BCUT2D eigenvalue weighted by atomic mass is 127. The summed E-state index contributed by atoms with van der Waals surface area (Å²) in [5, 5.41) is 18.9. The van der Waals surface area contributed by atoms with E-state index < -0.39 is 6.10 Å². The second kappa shape index (κ2) is 12.0. The molecule has 3 N–H and O–H groups in total. The molecule has 0 spiro atoms. The van der Waals surface area contributed by atoms with Crippen LogP contribution in [0.5, 0.6) is 0 Å². The lowest BCUT2D eigenvalue weighted by Crippen LogP contribution is -2.62. The van der Waals surface area contributed by atoms with Crippen molar-refractivity contribution in [2.75, 3.05) is 53.4 Å². The minimum absolute atomic E-state index is 0. The maximum atomic E-state index is 10.7. The minimum Gasteiger partial charge on any atom is -0.386 e. The number of aliphatic imine (C=N–C) groups is 1. The predicted molar refractivity (Wildman–Crippen MR) is 146 cm³/mol. The number of halogens is 1. The molecule has 2 aliphatic heterocycles. The Balaban J connectivity index is 0.00000289. The van der Waals surface area contributed by atoms with Gasteiger partial charge in [0.2, 0.25) is 0 Å². The Hall–Kier alpha value is -0.940. The SMILES string of the molecule is CN=C(NCC(O)c1cc2ccccc2s1)NCC1(N2CCCCC2)CCN(C)CC1.I. The van der Waals surface area contributed by atoms with Gasteiger partial charge in [0.1, 0.15) is 6.10 Å². The van der Waals surface area contributed by atoms with Crippen LogP contribution in [0, 0.1) is 0 Å². The zero-order valence-corrected chi connectivity index (χ0v) is 22.5. The highest BCUT2D eigenvalue weighted by Crippen LogP contribution is 2.31. The van der Waals surface area contributed by atoms with Crippen molar-refractivity contribution in [1.82, 2.24) is 20.4 Å². The van der Waals surface area contributed by atoms with Crippen LogP contribution in [0.1, 0.15) is 43.1 Å². The van der Waals surface area contributed by atoms with E-state index >= 15 is 0 Å². The summed E-state index contributed by atoms with van der Waals surface area (Å²) in [7, 11) is 4.03. The van der Waals surface area contributed by atoms with Gasteiger partial charge in [-0.25, -0.2) is 0 Å². The summed E-state index contributed by atoms with van der Waals surface area (Å²) in [6.07, 6.45) is 5.82. The van der Waals surface area contributed by atoms with Gasteiger partial charge in [0, 0.05) is 35.3 Å². The Labute approximate surface area is 213 Å². The molecule has 178 valence electrons. The van der Waals surface area contributed by atoms with E-state index in [-0.39, 0.29) is 29.5 Å². The van der Waals surface area contributed by atoms with E-state index in [1.807, 2.05) is 19.2 Å². The van der Waals surface area contributed by atoms with Crippen LogP contribution in [-0.2, 0) is 0 Å². The number of guanidine groups is 1. The predicted octanol–water partition coefficient (Wildman–Crippen LogP) is 3.67. The molecule has 0 bridgehead atoms. The Morgan fingerprint density at radius 3 is 2.53 bits per heavy atom. The van der Waals surface area contributed by atoms with Crippen LogP contribution in [0.15, 0.2) is 35.3 Å². The van der Waals surface area contributed by atoms with Gasteiger partial charge in [-0.15, -0.1) is 35.3 Å². The van der Waals surface area contributed by atoms with E-state index in [9.17, 15) is 5.11 Å². The topological polar surface area (TPSA) is 63.1 Å². The van der Waals surface area contributed by atoms with E-state index in [1.54, 1.807) is 11.3 Å². The van der Waals surface area contributed by atoms with Crippen LogP contribution >= 0.6 is 35.3 Å². The zero-order chi connectivity index (χ0) is 21.7. The van der Waals surface area contributed by atoms with Crippen molar-refractivity contribution in [2.24, 2.45) is 4.99 Å². The lowest BCUT2D eigenvalue weighted by molar-refractivity contribution is 0.0173. The molecule has 2 aliphatic rings. The fourth-order valence-corrected chi connectivity index (χ4v) is 5.99. The molecule has 32 heavy (non-hydrogen) atoms. The number of aliphatic hydroxyl groups is 1. The molecule has 2 aromatic rings. The van der Waals surface area contributed by atoms with Gasteiger partial charge in [-0.3, -0.25) is 9.89 Å². The summed E-state index contributed by atoms with van der Waals surface area (Å²) < 4.78 is 1.21. The largest absolute Gasteiger partial charge is 0.386 e. The van der Waals surface area contributed by atoms with E-state index in [0.29, 0.717) is 6.54 Å². The highest BCUT2D eigenvalue weighted by Gasteiger charge is 2.39.